The third-order valence-electron chi connectivity index (χ3n) is 6.94. The van der Waals surface area contributed by atoms with Crippen molar-refractivity contribution in [3.05, 3.63) is 82.6 Å². The Bertz CT molecular complexity index is 1160. The minimum Gasteiger partial charge on any atom is -0.463 e. The van der Waals surface area contributed by atoms with Crippen molar-refractivity contribution in [2.24, 2.45) is 0 Å². The van der Waals surface area contributed by atoms with E-state index in [2.05, 4.69) is 10.2 Å². The number of likely N-dealkylation sites (N-methyl/N-ethyl adjacent to an activating group) is 1. The second-order valence-corrected chi connectivity index (χ2v) is 9.33. The summed E-state index contributed by atoms with van der Waals surface area (Å²) in [4.78, 5) is 44.8. The largest absolute Gasteiger partial charge is 0.463 e. The van der Waals surface area contributed by atoms with Gasteiger partial charge < -0.3 is 15.0 Å². The molecule has 0 bridgehead atoms. The molecule has 0 radical (unpaired) electrons. The van der Waals surface area contributed by atoms with Crippen LogP contribution in [0.15, 0.2) is 65.9 Å². The van der Waals surface area contributed by atoms with Crippen LogP contribution in [0.25, 0.3) is 0 Å². The van der Waals surface area contributed by atoms with Crippen LogP contribution < -0.4 is 5.32 Å². The van der Waals surface area contributed by atoms with E-state index in [1.165, 1.54) is 4.90 Å². The Morgan fingerprint density at radius 3 is 2.42 bits per heavy atom. The van der Waals surface area contributed by atoms with Gasteiger partial charge in [0.2, 0.25) is 0 Å². The van der Waals surface area contributed by atoms with Crippen LogP contribution in [0.3, 0.4) is 0 Å². The van der Waals surface area contributed by atoms with Gasteiger partial charge in [-0.05, 0) is 44.0 Å². The number of nitrogens with one attached hydrogen (secondary N) is 1. The topological polar surface area (TPSA) is 82.2 Å². The Balaban J connectivity index is 1.62. The molecule has 2 aromatic carbocycles. The molecule has 2 atom stereocenters. The van der Waals surface area contributed by atoms with Crippen LogP contribution in [0.1, 0.15) is 41.4 Å². The molecular formula is C28H34N4O4. The number of benzene rings is 2. The maximum atomic E-state index is 13.2. The Morgan fingerprint density at radius 2 is 1.75 bits per heavy atom. The first-order valence-electron chi connectivity index (χ1n) is 12.4. The van der Waals surface area contributed by atoms with Crippen LogP contribution in [0.4, 0.5) is 4.79 Å². The summed E-state index contributed by atoms with van der Waals surface area (Å²) < 4.78 is 5.45. The van der Waals surface area contributed by atoms with Crippen LogP contribution in [0.2, 0.25) is 0 Å². The second-order valence-electron chi connectivity index (χ2n) is 9.33. The predicted molar refractivity (Wildman–Crippen MR) is 137 cm³/mol. The maximum absolute atomic E-state index is 13.2. The molecule has 2 heterocycles. The van der Waals surface area contributed by atoms with E-state index in [9.17, 15) is 14.4 Å². The molecule has 2 aromatic rings. The third kappa shape index (κ3) is 5.14. The van der Waals surface area contributed by atoms with Gasteiger partial charge in [-0.15, -0.1) is 0 Å². The summed E-state index contributed by atoms with van der Waals surface area (Å²) in [7, 11) is 1.68. The fourth-order valence-electron chi connectivity index (χ4n) is 4.98. The van der Waals surface area contributed by atoms with Gasteiger partial charge in [-0.25, -0.2) is 9.59 Å². The van der Waals surface area contributed by atoms with Gasteiger partial charge in [0.1, 0.15) is 0 Å². The van der Waals surface area contributed by atoms with E-state index in [1.54, 1.807) is 14.0 Å². The number of carbonyl (C=O) groups excluding carboxylic acids is 3. The number of hydrogen-bond donors (Lipinski definition) is 1. The van der Waals surface area contributed by atoms with Crippen LogP contribution >= 0.6 is 0 Å². The molecule has 2 aliphatic rings. The average Bonchev–Trinajstić information content (AvgIpc) is 2.87. The van der Waals surface area contributed by atoms with Crippen molar-refractivity contribution in [1.82, 2.24) is 20.0 Å². The van der Waals surface area contributed by atoms with Crippen molar-refractivity contribution in [2.45, 2.75) is 32.9 Å². The van der Waals surface area contributed by atoms with Crippen molar-refractivity contribution in [3.8, 4) is 0 Å². The van der Waals surface area contributed by atoms with E-state index in [-0.39, 0.29) is 24.6 Å². The van der Waals surface area contributed by atoms with Gasteiger partial charge in [0.25, 0.3) is 5.91 Å². The Kier molecular flexibility index (Phi) is 7.74. The number of rotatable bonds is 6. The first kappa shape index (κ1) is 25.4. The number of piperazine rings is 1. The molecule has 36 heavy (non-hydrogen) atoms. The Morgan fingerprint density at radius 1 is 1.06 bits per heavy atom. The molecule has 2 aliphatic heterocycles. The molecule has 190 valence electrons. The number of amides is 3. The van der Waals surface area contributed by atoms with E-state index in [0.29, 0.717) is 43.0 Å². The SMILES string of the molecule is CCOC(=O)C1=C(CN2CCN(C(=O)c3ccccc3)[C@H](C)C2)N(C)C(=O)N[C@H]1c1ccccc1C. The minimum atomic E-state index is -0.595. The van der Waals surface area contributed by atoms with E-state index in [1.807, 2.05) is 73.3 Å². The lowest BCUT2D eigenvalue weighted by Gasteiger charge is -2.42. The van der Waals surface area contributed by atoms with Crippen molar-refractivity contribution >= 4 is 17.9 Å². The number of urea groups is 1. The number of hydrogen-bond acceptors (Lipinski definition) is 5. The summed E-state index contributed by atoms with van der Waals surface area (Å²) in [6, 6.07) is 16.1. The predicted octanol–water partition coefficient (Wildman–Crippen LogP) is 3.35. The monoisotopic (exact) mass is 490 g/mol. The number of nitrogens with zero attached hydrogens (tertiary/aromatic N) is 3. The molecule has 0 aliphatic carbocycles. The standard InChI is InChI=1S/C28H34N4O4/c1-5-36-27(34)24-23(30(4)28(35)29-25(24)22-14-10-9-11-19(22)2)18-31-15-16-32(20(3)17-31)26(33)21-12-7-6-8-13-21/h6-14,20,25H,5,15-18H2,1-4H3,(H,29,35)/t20-,25+/m1/s1. The molecule has 1 N–H and O–H groups in total. The Labute approximate surface area is 212 Å². The van der Waals surface area contributed by atoms with Crippen LogP contribution in [0, 0.1) is 6.92 Å². The molecule has 8 heteroatoms. The zero-order valence-corrected chi connectivity index (χ0v) is 21.4. The minimum absolute atomic E-state index is 0.0166. The molecule has 0 aromatic heterocycles. The average molecular weight is 491 g/mol. The van der Waals surface area contributed by atoms with Crippen molar-refractivity contribution in [1.29, 1.82) is 0 Å². The number of esters is 1. The highest BCUT2D eigenvalue weighted by atomic mass is 16.5. The lowest BCUT2D eigenvalue weighted by atomic mass is 9.91. The van der Waals surface area contributed by atoms with Crippen molar-refractivity contribution in [3.63, 3.8) is 0 Å². The first-order chi connectivity index (χ1) is 17.3. The number of carbonyl (C=O) groups is 3. The van der Waals surface area contributed by atoms with Crippen LogP contribution in [-0.2, 0) is 9.53 Å². The smallest absolute Gasteiger partial charge is 0.338 e. The molecule has 0 saturated carbocycles. The lowest BCUT2D eigenvalue weighted by molar-refractivity contribution is -0.139. The van der Waals surface area contributed by atoms with Gasteiger partial charge in [0.15, 0.2) is 0 Å². The van der Waals surface area contributed by atoms with Gasteiger partial charge in [-0.1, -0.05) is 42.5 Å². The summed E-state index contributed by atoms with van der Waals surface area (Å²) in [6.45, 7) is 8.23. The first-order valence-corrected chi connectivity index (χ1v) is 12.4. The molecule has 0 unspecified atom stereocenters. The highest BCUT2D eigenvalue weighted by Crippen LogP contribution is 2.33. The maximum Gasteiger partial charge on any atom is 0.338 e. The van der Waals surface area contributed by atoms with Gasteiger partial charge in [-0.2, -0.15) is 0 Å². The zero-order valence-electron chi connectivity index (χ0n) is 21.4. The molecular weight excluding hydrogens is 456 g/mol. The van der Waals surface area contributed by atoms with Crippen molar-refractivity contribution in [2.75, 3.05) is 39.8 Å². The summed E-state index contributed by atoms with van der Waals surface area (Å²) in [5, 5.41) is 2.99. The normalized spacial score (nSPS) is 20.8. The number of ether oxygens (including phenoxy) is 1. The van der Waals surface area contributed by atoms with Gasteiger partial charge in [0, 0.05) is 50.5 Å². The fraction of sp³-hybridized carbons (Fsp3) is 0.393. The number of aryl methyl sites for hydroxylation is 1. The van der Waals surface area contributed by atoms with Gasteiger partial charge in [-0.3, -0.25) is 14.6 Å². The van der Waals surface area contributed by atoms with Gasteiger partial charge >= 0.3 is 12.0 Å². The highest BCUT2D eigenvalue weighted by Gasteiger charge is 2.38. The van der Waals surface area contributed by atoms with Crippen LogP contribution in [-0.4, -0.2) is 78.5 Å². The Hall–Kier alpha value is -3.65. The quantitative estimate of drug-likeness (QED) is 0.628. The zero-order chi connectivity index (χ0) is 25.8. The van der Waals surface area contributed by atoms with Crippen molar-refractivity contribution < 1.29 is 19.1 Å². The lowest BCUT2D eigenvalue weighted by Crippen LogP contribution is -2.56. The third-order valence-corrected chi connectivity index (χ3v) is 6.94. The van der Waals surface area contributed by atoms with Gasteiger partial charge in [0.05, 0.1) is 18.2 Å². The van der Waals surface area contributed by atoms with E-state index in [4.69, 9.17) is 4.74 Å². The summed E-state index contributed by atoms with van der Waals surface area (Å²) in [5.74, 6) is -0.415. The van der Waals surface area contributed by atoms with E-state index < -0.39 is 12.0 Å². The molecule has 1 saturated heterocycles. The van der Waals surface area contributed by atoms with E-state index in [0.717, 1.165) is 11.1 Å². The summed E-state index contributed by atoms with van der Waals surface area (Å²) in [6.07, 6.45) is 0. The molecule has 1 fully saturated rings. The molecule has 3 amide bonds. The second kappa shape index (κ2) is 11.0. The molecule has 8 nitrogen and oxygen atoms in total. The fourth-order valence-corrected chi connectivity index (χ4v) is 4.98. The van der Waals surface area contributed by atoms with Crippen LogP contribution in [0.5, 0.6) is 0 Å². The molecule has 0 spiro atoms. The highest BCUT2D eigenvalue weighted by molar-refractivity contribution is 5.95. The van der Waals surface area contributed by atoms with E-state index >= 15 is 0 Å². The summed E-state index contributed by atoms with van der Waals surface area (Å²) >= 11 is 0. The molecule has 4 rings (SSSR count). The summed E-state index contributed by atoms with van der Waals surface area (Å²) in [5.41, 5.74) is 3.60.